The van der Waals surface area contributed by atoms with Crippen molar-refractivity contribution < 1.29 is 28.7 Å². The third kappa shape index (κ3) is 9.03. The van der Waals surface area contributed by atoms with Crippen molar-refractivity contribution in [1.29, 1.82) is 0 Å². The minimum Gasteiger partial charge on any atom is -0.371 e. The minimum absolute atomic E-state index is 0.184. The summed E-state index contributed by atoms with van der Waals surface area (Å²) < 4.78 is 22.3. The highest BCUT2D eigenvalue weighted by atomic mass is 31.2. The second kappa shape index (κ2) is 11.1. The van der Waals surface area contributed by atoms with Gasteiger partial charge >= 0.3 is 15.2 Å². The van der Waals surface area contributed by atoms with Crippen LogP contribution < -0.4 is 15.1 Å². The summed E-state index contributed by atoms with van der Waals surface area (Å²) in [5.74, 6) is 0. The van der Waals surface area contributed by atoms with Gasteiger partial charge in [-0.2, -0.15) is 0 Å². The summed E-state index contributed by atoms with van der Waals surface area (Å²) in [6, 6.07) is 15.2. The molecule has 0 fully saturated rings. The fraction of sp³-hybridized carbons (Fsp3) is 0.400. The molecule has 0 unspecified atom stereocenters. The van der Waals surface area contributed by atoms with Gasteiger partial charge < -0.3 is 34.7 Å². The van der Waals surface area contributed by atoms with Crippen LogP contribution in [0.25, 0.3) is 0 Å². The summed E-state index contributed by atoms with van der Waals surface area (Å²) >= 11 is 0. The first-order chi connectivity index (χ1) is 14.5. The molecule has 2 rings (SSSR count). The van der Waals surface area contributed by atoms with E-state index in [2.05, 4.69) is 5.32 Å². The number of hydrogen-bond donors (Lipinski definition) is 5. The molecule has 31 heavy (non-hydrogen) atoms. The maximum Gasteiger partial charge on any atom is 0.327 e. The smallest absolute Gasteiger partial charge is 0.327 e. The molecule has 9 nitrogen and oxygen atoms in total. The lowest BCUT2D eigenvalue weighted by atomic mass is 10.2. The lowest BCUT2D eigenvalue weighted by Crippen LogP contribution is -2.26. The molecule has 0 bridgehead atoms. The molecule has 5 N–H and O–H groups in total. The number of rotatable bonds is 12. The topological polar surface area (TPSA) is 134 Å². The Kier molecular flexibility index (Phi) is 9.13. The Labute approximate surface area is 183 Å². The van der Waals surface area contributed by atoms with Gasteiger partial charge in [-0.05, 0) is 62.4 Å². The SMILES string of the molecule is CCN(CCP(=O)(O)O)c1ccc(Nc2ccc(N(CC)CCP(=O)(O)O)cc2)cc1. The van der Waals surface area contributed by atoms with E-state index in [1.807, 2.05) is 72.2 Å². The zero-order valence-corrected chi connectivity index (χ0v) is 19.5. The van der Waals surface area contributed by atoms with Gasteiger partial charge in [-0.1, -0.05) is 0 Å². The van der Waals surface area contributed by atoms with Crippen LogP contribution in [-0.2, 0) is 9.13 Å². The second-order valence-corrected chi connectivity index (χ2v) is 10.7. The van der Waals surface area contributed by atoms with Crippen LogP contribution in [0.1, 0.15) is 13.8 Å². The van der Waals surface area contributed by atoms with Crippen LogP contribution in [0, 0.1) is 0 Å². The van der Waals surface area contributed by atoms with Crippen LogP contribution in [0.15, 0.2) is 48.5 Å². The van der Waals surface area contributed by atoms with Crippen LogP contribution in [-0.4, -0.2) is 58.1 Å². The van der Waals surface area contributed by atoms with Gasteiger partial charge in [-0.25, -0.2) is 0 Å². The largest absolute Gasteiger partial charge is 0.371 e. The molecule has 0 saturated heterocycles. The molecule has 172 valence electrons. The number of nitrogens with zero attached hydrogens (tertiary/aromatic N) is 2. The average molecular weight is 471 g/mol. The highest BCUT2D eigenvalue weighted by molar-refractivity contribution is 7.52. The molecule has 0 aliphatic carbocycles. The normalized spacial score (nSPS) is 11.9. The van der Waals surface area contributed by atoms with E-state index in [-0.39, 0.29) is 25.4 Å². The molecule has 2 aromatic carbocycles. The number of benzene rings is 2. The lowest BCUT2D eigenvalue weighted by Gasteiger charge is -2.24. The zero-order chi connectivity index (χ0) is 23.1. The van der Waals surface area contributed by atoms with E-state index >= 15 is 0 Å². The van der Waals surface area contributed by atoms with Crippen LogP contribution in [0.3, 0.4) is 0 Å². The van der Waals surface area contributed by atoms with Crippen LogP contribution in [0.2, 0.25) is 0 Å². The van der Waals surface area contributed by atoms with Gasteiger partial charge in [0.25, 0.3) is 0 Å². The Hall–Kier alpha value is -1.86. The number of nitrogens with one attached hydrogen (secondary N) is 1. The Balaban J connectivity index is 1.99. The predicted molar refractivity (Wildman–Crippen MR) is 126 cm³/mol. The van der Waals surface area contributed by atoms with Gasteiger partial charge in [-0.3, -0.25) is 9.13 Å². The number of hydrogen-bond acceptors (Lipinski definition) is 5. The molecule has 0 radical (unpaired) electrons. The van der Waals surface area contributed by atoms with Crippen molar-refractivity contribution in [2.24, 2.45) is 0 Å². The fourth-order valence-corrected chi connectivity index (χ4v) is 4.12. The summed E-state index contributed by atoms with van der Waals surface area (Å²) in [6.07, 6.45) is -0.369. The molecule has 0 amide bonds. The van der Waals surface area contributed by atoms with Crippen LogP contribution in [0.4, 0.5) is 22.7 Å². The van der Waals surface area contributed by atoms with E-state index in [9.17, 15) is 9.13 Å². The maximum atomic E-state index is 11.1. The lowest BCUT2D eigenvalue weighted by molar-refractivity contribution is 0.371. The van der Waals surface area contributed by atoms with Crippen molar-refractivity contribution in [1.82, 2.24) is 0 Å². The molecule has 0 aliphatic heterocycles. The van der Waals surface area contributed by atoms with Crippen molar-refractivity contribution in [3.63, 3.8) is 0 Å². The third-order valence-electron chi connectivity index (χ3n) is 4.84. The molecule has 0 atom stereocenters. The van der Waals surface area contributed by atoms with Crippen molar-refractivity contribution >= 4 is 37.9 Å². The summed E-state index contributed by atoms with van der Waals surface area (Å²) in [7, 11) is -8.06. The maximum absolute atomic E-state index is 11.1. The van der Waals surface area contributed by atoms with Gasteiger partial charge in [0.1, 0.15) is 0 Å². The summed E-state index contributed by atoms with van der Waals surface area (Å²) in [5, 5.41) is 3.30. The predicted octanol–water partition coefficient (Wildman–Crippen LogP) is 3.44. The van der Waals surface area contributed by atoms with Gasteiger partial charge in [0, 0.05) is 48.9 Å². The summed E-state index contributed by atoms with van der Waals surface area (Å²) in [4.78, 5) is 40.2. The highest BCUT2D eigenvalue weighted by Gasteiger charge is 2.16. The molecular formula is C20H31N3O6P2. The van der Waals surface area contributed by atoms with Crippen molar-refractivity contribution in [2.45, 2.75) is 13.8 Å². The molecular weight excluding hydrogens is 440 g/mol. The standard InChI is InChI=1S/C20H31N3O6P2/c1-3-22(13-15-30(24,25)26)19-9-5-17(6-10-19)21-18-7-11-20(12-8-18)23(4-2)14-16-31(27,28)29/h5-12,21H,3-4,13-16H2,1-2H3,(H2,24,25,26)(H2,27,28,29). The Bertz CT molecular complexity index is 836. The fourth-order valence-electron chi connectivity index (χ4n) is 3.12. The molecule has 0 saturated carbocycles. The van der Waals surface area contributed by atoms with Gasteiger partial charge in [0.2, 0.25) is 0 Å². The van der Waals surface area contributed by atoms with Gasteiger partial charge in [0.15, 0.2) is 0 Å². The van der Waals surface area contributed by atoms with Crippen molar-refractivity contribution in [2.75, 3.05) is 53.6 Å². The van der Waals surface area contributed by atoms with Gasteiger partial charge in [-0.15, -0.1) is 0 Å². The van der Waals surface area contributed by atoms with Crippen LogP contribution >= 0.6 is 15.2 Å². The van der Waals surface area contributed by atoms with Crippen molar-refractivity contribution in [3.05, 3.63) is 48.5 Å². The molecule has 2 aromatic rings. The van der Waals surface area contributed by atoms with E-state index in [4.69, 9.17) is 19.6 Å². The Morgan fingerprint density at radius 3 is 1.26 bits per heavy atom. The highest BCUT2D eigenvalue weighted by Crippen LogP contribution is 2.35. The zero-order valence-electron chi connectivity index (χ0n) is 17.8. The van der Waals surface area contributed by atoms with Crippen LogP contribution in [0.5, 0.6) is 0 Å². The first kappa shape index (κ1) is 25.4. The van der Waals surface area contributed by atoms with Crippen molar-refractivity contribution in [3.8, 4) is 0 Å². The molecule has 0 aromatic heterocycles. The average Bonchev–Trinajstić information content (AvgIpc) is 2.69. The first-order valence-electron chi connectivity index (χ1n) is 10.1. The van der Waals surface area contributed by atoms with E-state index in [1.54, 1.807) is 0 Å². The second-order valence-electron chi connectivity index (χ2n) is 7.15. The van der Waals surface area contributed by atoms with Gasteiger partial charge in [0.05, 0.1) is 12.3 Å². The minimum atomic E-state index is -4.03. The quantitative estimate of drug-likeness (QED) is 0.295. The van der Waals surface area contributed by atoms with E-state index < -0.39 is 15.2 Å². The Morgan fingerprint density at radius 2 is 1.00 bits per heavy atom. The molecule has 0 heterocycles. The van der Waals surface area contributed by atoms with E-state index in [0.29, 0.717) is 13.1 Å². The first-order valence-corrected chi connectivity index (χ1v) is 13.7. The van der Waals surface area contributed by atoms with E-state index in [1.165, 1.54) is 0 Å². The summed E-state index contributed by atoms with van der Waals surface area (Å²) in [5.41, 5.74) is 3.52. The number of anilines is 4. The Morgan fingerprint density at radius 1 is 0.677 bits per heavy atom. The monoisotopic (exact) mass is 471 g/mol. The third-order valence-corrected chi connectivity index (χ3v) is 6.40. The summed E-state index contributed by atoms with van der Waals surface area (Å²) in [6.45, 7) is 5.73. The van der Waals surface area contributed by atoms with E-state index in [0.717, 1.165) is 22.7 Å². The molecule has 0 aliphatic rings. The molecule has 11 heteroatoms. The molecule has 0 spiro atoms.